The summed E-state index contributed by atoms with van der Waals surface area (Å²) in [4.78, 5) is 11.5. The van der Waals surface area contributed by atoms with Gasteiger partial charge in [0.15, 0.2) is 0 Å². The summed E-state index contributed by atoms with van der Waals surface area (Å²) in [6, 6.07) is 9.39. The summed E-state index contributed by atoms with van der Waals surface area (Å²) in [6.45, 7) is 0. The monoisotopic (exact) mass is 460 g/mol. The van der Waals surface area contributed by atoms with Crippen molar-refractivity contribution in [3.8, 4) is 0 Å². The summed E-state index contributed by atoms with van der Waals surface area (Å²) < 4.78 is 36.6. The van der Waals surface area contributed by atoms with Gasteiger partial charge < -0.3 is 5.73 Å². The standard InChI is InChI=1S/C13H9IN4O3S2/c14-7-4-5-8(13(15)19)10(6-7)18-23(20,21)11-3-1-2-9-12(11)17-22-16-9/h1-6,18H,(H2,15,19). The Morgan fingerprint density at radius 3 is 2.74 bits per heavy atom. The van der Waals surface area contributed by atoms with Gasteiger partial charge in [-0.05, 0) is 52.9 Å². The molecule has 23 heavy (non-hydrogen) atoms. The number of benzene rings is 2. The van der Waals surface area contributed by atoms with Crippen molar-refractivity contribution in [3.05, 3.63) is 45.5 Å². The van der Waals surface area contributed by atoms with Gasteiger partial charge in [0.25, 0.3) is 15.9 Å². The van der Waals surface area contributed by atoms with Crippen molar-refractivity contribution in [2.45, 2.75) is 4.90 Å². The number of nitrogens with two attached hydrogens (primary N) is 1. The number of anilines is 1. The largest absolute Gasteiger partial charge is 0.366 e. The third-order valence-corrected chi connectivity index (χ3v) is 5.64. The number of fused-ring (bicyclic) bond motifs is 1. The van der Waals surface area contributed by atoms with E-state index in [-0.39, 0.29) is 21.7 Å². The molecule has 1 heterocycles. The zero-order chi connectivity index (χ0) is 16.6. The van der Waals surface area contributed by atoms with Gasteiger partial charge in [-0.25, -0.2) is 8.42 Å². The molecule has 1 aromatic heterocycles. The predicted molar refractivity (Wildman–Crippen MR) is 95.9 cm³/mol. The third kappa shape index (κ3) is 3.14. The molecular formula is C13H9IN4O3S2. The Balaban J connectivity index is 2.11. The lowest BCUT2D eigenvalue weighted by Gasteiger charge is -2.11. The van der Waals surface area contributed by atoms with Gasteiger partial charge in [-0.15, -0.1) is 0 Å². The number of amides is 1. The number of nitrogens with one attached hydrogen (secondary N) is 1. The van der Waals surface area contributed by atoms with Gasteiger partial charge in [0, 0.05) is 3.57 Å². The van der Waals surface area contributed by atoms with Crippen LogP contribution in [-0.2, 0) is 10.0 Å². The molecule has 0 bridgehead atoms. The van der Waals surface area contributed by atoms with Crippen molar-refractivity contribution in [2.24, 2.45) is 5.73 Å². The number of aromatic nitrogens is 2. The topological polar surface area (TPSA) is 115 Å². The number of hydrogen-bond donors (Lipinski definition) is 2. The van der Waals surface area contributed by atoms with Crippen LogP contribution in [0.25, 0.3) is 11.0 Å². The van der Waals surface area contributed by atoms with E-state index in [2.05, 4.69) is 13.5 Å². The molecule has 10 heteroatoms. The smallest absolute Gasteiger partial charge is 0.264 e. The molecule has 0 atom stereocenters. The Bertz CT molecular complexity index is 1020. The zero-order valence-corrected chi connectivity index (χ0v) is 15.1. The minimum atomic E-state index is -3.94. The highest BCUT2D eigenvalue weighted by molar-refractivity contribution is 14.1. The van der Waals surface area contributed by atoms with Crippen LogP contribution in [0.15, 0.2) is 41.3 Å². The average molecular weight is 460 g/mol. The van der Waals surface area contributed by atoms with E-state index in [1.165, 1.54) is 18.2 Å². The van der Waals surface area contributed by atoms with Crippen LogP contribution in [-0.4, -0.2) is 23.1 Å². The van der Waals surface area contributed by atoms with Gasteiger partial charge in [0.1, 0.15) is 15.9 Å². The van der Waals surface area contributed by atoms with E-state index in [1.807, 2.05) is 22.6 Å². The lowest BCUT2D eigenvalue weighted by Crippen LogP contribution is -2.19. The number of carbonyl (C=O) groups is 1. The third-order valence-electron chi connectivity index (χ3n) is 3.03. The van der Waals surface area contributed by atoms with Crippen LogP contribution in [0.3, 0.4) is 0 Å². The van der Waals surface area contributed by atoms with E-state index in [9.17, 15) is 13.2 Å². The molecule has 0 fully saturated rings. The summed E-state index contributed by atoms with van der Waals surface area (Å²) >= 11 is 2.95. The summed E-state index contributed by atoms with van der Waals surface area (Å²) in [5.74, 6) is -0.715. The summed E-state index contributed by atoms with van der Waals surface area (Å²) in [5.41, 5.74) is 6.31. The van der Waals surface area contributed by atoms with Crippen LogP contribution in [0.5, 0.6) is 0 Å². The van der Waals surface area contributed by atoms with E-state index < -0.39 is 15.9 Å². The molecule has 1 amide bonds. The normalized spacial score (nSPS) is 11.5. The van der Waals surface area contributed by atoms with E-state index >= 15 is 0 Å². The summed E-state index contributed by atoms with van der Waals surface area (Å²) in [5, 5.41) is 0. The molecule has 3 N–H and O–H groups in total. The molecule has 0 saturated carbocycles. The van der Waals surface area contributed by atoms with Crippen molar-refractivity contribution < 1.29 is 13.2 Å². The Hall–Kier alpha value is -1.79. The lowest BCUT2D eigenvalue weighted by molar-refractivity contribution is 0.100. The number of halogens is 1. The van der Waals surface area contributed by atoms with Crippen molar-refractivity contribution in [2.75, 3.05) is 4.72 Å². The number of primary amides is 1. The molecule has 3 aromatic rings. The first-order chi connectivity index (χ1) is 10.9. The molecule has 0 spiro atoms. The van der Waals surface area contributed by atoms with Crippen LogP contribution in [0, 0.1) is 3.57 Å². The summed E-state index contributed by atoms with van der Waals surface area (Å²) in [6.07, 6.45) is 0. The quantitative estimate of drug-likeness (QED) is 0.580. The fourth-order valence-electron chi connectivity index (χ4n) is 2.01. The van der Waals surface area contributed by atoms with Gasteiger partial charge >= 0.3 is 0 Å². The molecule has 3 rings (SSSR count). The second kappa shape index (κ2) is 6.02. The first kappa shape index (κ1) is 16.1. The second-order valence-electron chi connectivity index (χ2n) is 4.55. The fraction of sp³-hybridized carbons (Fsp3) is 0. The molecule has 0 radical (unpaired) electrons. The van der Waals surface area contributed by atoms with Gasteiger partial charge in [0.05, 0.1) is 23.0 Å². The fourth-order valence-corrected chi connectivity index (χ4v) is 4.34. The zero-order valence-electron chi connectivity index (χ0n) is 11.4. The Labute approximate surface area is 149 Å². The molecule has 0 unspecified atom stereocenters. The minimum absolute atomic E-state index is 0.00182. The van der Waals surface area contributed by atoms with Gasteiger partial charge in [-0.2, -0.15) is 8.75 Å². The van der Waals surface area contributed by atoms with Crippen molar-refractivity contribution >= 4 is 67.0 Å². The number of rotatable bonds is 4. The van der Waals surface area contributed by atoms with E-state index in [4.69, 9.17) is 5.73 Å². The van der Waals surface area contributed by atoms with E-state index in [0.29, 0.717) is 5.52 Å². The second-order valence-corrected chi connectivity index (χ2v) is 7.97. The van der Waals surface area contributed by atoms with Crippen molar-refractivity contribution in [1.29, 1.82) is 0 Å². The first-order valence-electron chi connectivity index (χ1n) is 6.22. The molecule has 0 aliphatic carbocycles. The van der Waals surface area contributed by atoms with Gasteiger partial charge in [-0.3, -0.25) is 9.52 Å². The first-order valence-corrected chi connectivity index (χ1v) is 9.51. The van der Waals surface area contributed by atoms with Crippen molar-refractivity contribution in [1.82, 2.24) is 8.75 Å². The molecule has 2 aromatic carbocycles. The molecule has 7 nitrogen and oxygen atoms in total. The van der Waals surface area contributed by atoms with E-state index in [0.717, 1.165) is 15.3 Å². The summed E-state index contributed by atoms with van der Waals surface area (Å²) in [7, 11) is -3.94. The molecule has 118 valence electrons. The van der Waals surface area contributed by atoms with Gasteiger partial charge in [0.2, 0.25) is 0 Å². The van der Waals surface area contributed by atoms with Crippen LogP contribution >= 0.6 is 34.3 Å². The Morgan fingerprint density at radius 1 is 1.22 bits per heavy atom. The Kier molecular flexibility index (Phi) is 4.21. The van der Waals surface area contributed by atoms with Crippen molar-refractivity contribution in [3.63, 3.8) is 0 Å². The van der Waals surface area contributed by atoms with Gasteiger partial charge in [-0.1, -0.05) is 6.07 Å². The minimum Gasteiger partial charge on any atom is -0.366 e. The highest BCUT2D eigenvalue weighted by Crippen LogP contribution is 2.26. The van der Waals surface area contributed by atoms with Crippen LogP contribution in [0.1, 0.15) is 10.4 Å². The number of sulfonamides is 1. The Morgan fingerprint density at radius 2 is 2.00 bits per heavy atom. The average Bonchev–Trinajstić information content (AvgIpc) is 2.94. The number of carbonyl (C=O) groups excluding carboxylic acids is 1. The lowest BCUT2D eigenvalue weighted by atomic mass is 10.2. The van der Waals surface area contributed by atoms with Crippen LogP contribution < -0.4 is 10.5 Å². The molecular weight excluding hydrogens is 451 g/mol. The van der Waals surface area contributed by atoms with Crippen LogP contribution in [0.4, 0.5) is 5.69 Å². The molecule has 0 aliphatic heterocycles. The number of nitrogens with zero attached hydrogens (tertiary/aromatic N) is 2. The van der Waals surface area contributed by atoms with Crippen LogP contribution in [0.2, 0.25) is 0 Å². The number of hydrogen-bond acceptors (Lipinski definition) is 6. The maximum absolute atomic E-state index is 12.7. The van der Waals surface area contributed by atoms with E-state index in [1.54, 1.807) is 18.2 Å². The maximum atomic E-state index is 12.7. The highest BCUT2D eigenvalue weighted by atomic mass is 127. The predicted octanol–water partition coefficient (Wildman–Crippen LogP) is 2.20. The maximum Gasteiger partial charge on any atom is 0.264 e. The SMILES string of the molecule is NC(=O)c1ccc(I)cc1NS(=O)(=O)c1cccc2nsnc12. The molecule has 0 aliphatic rings. The highest BCUT2D eigenvalue weighted by Gasteiger charge is 2.22. The molecule has 0 saturated heterocycles.